The summed E-state index contributed by atoms with van der Waals surface area (Å²) in [5, 5.41) is 9.66. The second-order valence-corrected chi connectivity index (χ2v) is 5.28. The number of rotatable bonds is 4. The number of morpholine rings is 1. The summed E-state index contributed by atoms with van der Waals surface area (Å²) in [4.78, 5) is 16.2. The maximum atomic E-state index is 11.7. The number of carboxylic acids is 1. The van der Waals surface area contributed by atoms with Crippen molar-refractivity contribution in [1.82, 2.24) is 9.80 Å². The van der Waals surface area contributed by atoms with Crippen molar-refractivity contribution < 1.29 is 14.6 Å². The van der Waals surface area contributed by atoms with E-state index in [0.717, 1.165) is 52.0 Å². The van der Waals surface area contributed by atoms with Gasteiger partial charge in [0.1, 0.15) is 5.54 Å². The van der Waals surface area contributed by atoms with Gasteiger partial charge in [-0.1, -0.05) is 6.92 Å². The van der Waals surface area contributed by atoms with Crippen LogP contribution in [0.4, 0.5) is 0 Å². The standard InChI is InChI=1S/C13H24N2O3/c1-2-5-14-6-3-13(4-7-14,12(16)17)15-8-10-18-11-9-15/h2-11H2,1H3,(H,16,17). The molecule has 2 aliphatic rings. The fourth-order valence-corrected chi connectivity index (χ4v) is 3.12. The van der Waals surface area contributed by atoms with Crippen LogP contribution >= 0.6 is 0 Å². The predicted molar refractivity (Wildman–Crippen MR) is 68.7 cm³/mol. The molecular weight excluding hydrogens is 232 g/mol. The molecule has 0 radical (unpaired) electrons. The van der Waals surface area contributed by atoms with Gasteiger partial charge in [-0.3, -0.25) is 9.69 Å². The molecule has 5 nitrogen and oxygen atoms in total. The molecule has 2 saturated heterocycles. The summed E-state index contributed by atoms with van der Waals surface area (Å²) >= 11 is 0. The van der Waals surface area contributed by atoms with Crippen molar-refractivity contribution in [2.75, 3.05) is 45.9 Å². The first-order valence-electron chi connectivity index (χ1n) is 6.97. The molecule has 104 valence electrons. The average molecular weight is 256 g/mol. The van der Waals surface area contributed by atoms with E-state index in [9.17, 15) is 9.90 Å². The summed E-state index contributed by atoms with van der Waals surface area (Å²) in [6.07, 6.45) is 2.61. The minimum absolute atomic E-state index is 0.645. The molecule has 2 heterocycles. The van der Waals surface area contributed by atoms with Gasteiger partial charge >= 0.3 is 5.97 Å². The average Bonchev–Trinajstić information content (AvgIpc) is 2.41. The van der Waals surface area contributed by atoms with E-state index in [4.69, 9.17) is 4.74 Å². The van der Waals surface area contributed by atoms with Gasteiger partial charge in [0.25, 0.3) is 0 Å². The van der Waals surface area contributed by atoms with Crippen molar-refractivity contribution in [2.24, 2.45) is 0 Å². The summed E-state index contributed by atoms with van der Waals surface area (Å²) in [5.41, 5.74) is -0.645. The highest BCUT2D eigenvalue weighted by Gasteiger charge is 2.46. The molecule has 0 spiro atoms. The lowest BCUT2D eigenvalue weighted by Crippen LogP contribution is -2.62. The summed E-state index contributed by atoms with van der Waals surface area (Å²) in [6.45, 7) is 7.87. The molecule has 0 saturated carbocycles. The monoisotopic (exact) mass is 256 g/mol. The summed E-state index contributed by atoms with van der Waals surface area (Å²) < 4.78 is 5.33. The molecule has 0 amide bonds. The van der Waals surface area contributed by atoms with Crippen LogP contribution in [-0.2, 0) is 9.53 Å². The van der Waals surface area contributed by atoms with Crippen LogP contribution in [0.5, 0.6) is 0 Å². The van der Waals surface area contributed by atoms with Crippen LogP contribution < -0.4 is 0 Å². The third-order valence-corrected chi connectivity index (χ3v) is 4.24. The smallest absolute Gasteiger partial charge is 0.324 e. The highest BCUT2D eigenvalue weighted by atomic mass is 16.5. The third kappa shape index (κ3) is 2.68. The largest absolute Gasteiger partial charge is 0.480 e. The van der Waals surface area contributed by atoms with E-state index in [1.165, 1.54) is 0 Å². The lowest BCUT2D eigenvalue weighted by Gasteiger charge is -2.47. The van der Waals surface area contributed by atoms with Crippen LogP contribution in [0, 0.1) is 0 Å². The summed E-state index contributed by atoms with van der Waals surface area (Å²) in [6, 6.07) is 0. The lowest BCUT2D eigenvalue weighted by atomic mass is 9.85. The van der Waals surface area contributed by atoms with Gasteiger partial charge in [0.05, 0.1) is 13.2 Å². The highest BCUT2D eigenvalue weighted by Crippen LogP contribution is 2.30. The number of hydrogen-bond acceptors (Lipinski definition) is 4. The molecule has 18 heavy (non-hydrogen) atoms. The predicted octanol–water partition coefficient (Wildman–Crippen LogP) is 0.648. The van der Waals surface area contributed by atoms with Crippen molar-refractivity contribution in [1.29, 1.82) is 0 Å². The van der Waals surface area contributed by atoms with Gasteiger partial charge in [-0.15, -0.1) is 0 Å². The molecule has 2 fully saturated rings. The Morgan fingerprint density at radius 1 is 1.22 bits per heavy atom. The molecule has 0 bridgehead atoms. The molecule has 0 atom stereocenters. The Balaban J connectivity index is 2.02. The van der Waals surface area contributed by atoms with Gasteiger partial charge in [0.15, 0.2) is 0 Å². The first-order valence-corrected chi connectivity index (χ1v) is 6.97. The van der Waals surface area contributed by atoms with Crippen LogP contribution in [0.25, 0.3) is 0 Å². The Labute approximate surface area is 109 Å². The van der Waals surface area contributed by atoms with Gasteiger partial charge in [-0.05, 0) is 25.8 Å². The van der Waals surface area contributed by atoms with Gasteiger partial charge < -0.3 is 14.7 Å². The fourth-order valence-electron chi connectivity index (χ4n) is 3.12. The number of aliphatic carboxylic acids is 1. The van der Waals surface area contributed by atoms with Crippen LogP contribution in [-0.4, -0.2) is 72.4 Å². The molecule has 0 unspecified atom stereocenters. The number of likely N-dealkylation sites (tertiary alicyclic amines) is 1. The maximum absolute atomic E-state index is 11.7. The van der Waals surface area contributed by atoms with E-state index in [1.54, 1.807) is 0 Å². The first kappa shape index (κ1) is 13.8. The molecule has 2 rings (SSSR count). The summed E-state index contributed by atoms with van der Waals surface area (Å²) in [7, 11) is 0. The van der Waals surface area contributed by atoms with Gasteiger partial charge in [0.2, 0.25) is 0 Å². The van der Waals surface area contributed by atoms with E-state index >= 15 is 0 Å². The van der Waals surface area contributed by atoms with Gasteiger partial charge in [-0.25, -0.2) is 0 Å². The quantitative estimate of drug-likeness (QED) is 0.800. The van der Waals surface area contributed by atoms with Crippen molar-refractivity contribution in [3.8, 4) is 0 Å². The number of hydrogen-bond donors (Lipinski definition) is 1. The van der Waals surface area contributed by atoms with E-state index in [-0.39, 0.29) is 0 Å². The minimum Gasteiger partial charge on any atom is -0.480 e. The summed E-state index contributed by atoms with van der Waals surface area (Å²) in [5.74, 6) is -0.652. The van der Waals surface area contributed by atoms with Crippen LogP contribution in [0.3, 0.4) is 0 Å². The SMILES string of the molecule is CCCN1CCC(C(=O)O)(N2CCOCC2)CC1. The topological polar surface area (TPSA) is 53.0 Å². The Morgan fingerprint density at radius 3 is 2.33 bits per heavy atom. The van der Waals surface area contributed by atoms with Crippen LogP contribution in [0.1, 0.15) is 26.2 Å². The molecule has 0 aromatic rings. The number of ether oxygens (including phenoxy) is 1. The van der Waals surface area contributed by atoms with E-state index in [0.29, 0.717) is 13.2 Å². The number of carboxylic acid groups (broad SMARTS) is 1. The lowest BCUT2D eigenvalue weighted by molar-refractivity contribution is -0.159. The van der Waals surface area contributed by atoms with Crippen molar-refractivity contribution >= 4 is 5.97 Å². The Morgan fingerprint density at radius 2 is 1.83 bits per heavy atom. The first-order chi connectivity index (χ1) is 8.69. The Bertz CT molecular complexity index is 282. The van der Waals surface area contributed by atoms with Gasteiger partial charge in [0, 0.05) is 26.2 Å². The molecule has 1 N–H and O–H groups in total. The fraction of sp³-hybridized carbons (Fsp3) is 0.923. The Kier molecular flexibility index (Phi) is 4.59. The molecular formula is C13H24N2O3. The number of nitrogens with zero attached hydrogens (tertiary/aromatic N) is 2. The van der Waals surface area contributed by atoms with Crippen LogP contribution in [0.2, 0.25) is 0 Å². The van der Waals surface area contributed by atoms with E-state index in [1.807, 2.05) is 0 Å². The molecule has 0 aliphatic carbocycles. The van der Waals surface area contributed by atoms with Crippen molar-refractivity contribution in [3.05, 3.63) is 0 Å². The second kappa shape index (κ2) is 5.99. The third-order valence-electron chi connectivity index (χ3n) is 4.24. The molecule has 0 aromatic heterocycles. The minimum atomic E-state index is -0.652. The van der Waals surface area contributed by atoms with E-state index < -0.39 is 11.5 Å². The zero-order valence-electron chi connectivity index (χ0n) is 11.2. The van der Waals surface area contributed by atoms with Crippen molar-refractivity contribution in [2.45, 2.75) is 31.7 Å². The maximum Gasteiger partial charge on any atom is 0.324 e. The number of carbonyl (C=O) groups is 1. The number of piperidine rings is 1. The van der Waals surface area contributed by atoms with Crippen LogP contribution in [0.15, 0.2) is 0 Å². The highest BCUT2D eigenvalue weighted by molar-refractivity contribution is 5.79. The second-order valence-electron chi connectivity index (χ2n) is 5.28. The molecule has 5 heteroatoms. The Hall–Kier alpha value is -0.650. The van der Waals surface area contributed by atoms with E-state index in [2.05, 4.69) is 16.7 Å². The van der Waals surface area contributed by atoms with Crippen molar-refractivity contribution in [3.63, 3.8) is 0 Å². The molecule has 0 aromatic carbocycles. The molecule has 2 aliphatic heterocycles. The normalized spacial score (nSPS) is 26.1. The zero-order valence-corrected chi connectivity index (χ0v) is 11.2. The van der Waals surface area contributed by atoms with Gasteiger partial charge in [-0.2, -0.15) is 0 Å². The zero-order chi connectivity index (χ0) is 13.0.